The molecule has 0 aliphatic carbocycles. The first-order valence-corrected chi connectivity index (χ1v) is 10.8. The Morgan fingerprint density at radius 3 is 2.41 bits per heavy atom. The van der Waals surface area contributed by atoms with E-state index >= 15 is 0 Å². The number of amides is 1. The van der Waals surface area contributed by atoms with Gasteiger partial charge in [-0.3, -0.25) is 4.79 Å². The summed E-state index contributed by atoms with van der Waals surface area (Å²) >= 11 is 0. The first kappa shape index (κ1) is 21.6. The Labute approximate surface area is 188 Å². The molecule has 0 N–H and O–H groups in total. The predicted molar refractivity (Wildman–Crippen MR) is 124 cm³/mol. The van der Waals surface area contributed by atoms with Gasteiger partial charge in [-0.2, -0.15) is 0 Å². The van der Waals surface area contributed by atoms with Gasteiger partial charge in [0.2, 0.25) is 0 Å². The summed E-state index contributed by atoms with van der Waals surface area (Å²) in [5.74, 6) is 2.78. The van der Waals surface area contributed by atoms with Gasteiger partial charge >= 0.3 is 0 Å². The van der Waals surface area contributed by atoms with E-state index in [0.717, 1.165) is 11.4 Å². The Morgan fingerprint density at radius 1 is 0.969 bits per heavy atom. The van der Waals surface area contributed by atoms with Crippen molar-refractivity contribution < 1.29 is 14.3 Å². The second-order valence-electron chi connectivity index (χ2n) is 7.92. The number of ether oxygens (including phenoxy) is 2. The van der Waals surface area contributed by atoms with Crippen LogP contribution in [-0.2, 0) is 0 Å². The zero-order valence-electron chi connectivity index (χ0n) is 18.7. The largest absolute Gasteiger partial charge is 0.493 e. The maximum absolute atomic E-state index is 13.1. The van der Waals surface area contributed by atoms with Gasteiger partial charge in [-0.25, -0.2) is 9.97 Å². The first-order valence-electron chi connectivity index (χ1n) is 10.8. The van der Waals surface area contributed by atoms with Crippen LogP contribution in [0.5, 0.6) is 11.5 Å². The maximum Gasteiger partial charge on any atom is 0.254 e. The number of carbonyl (C=O) groups is 1. The van der Waals surface area contributed by atoms with E-state index in [9.17, 15) is 4.79 Å². The molecule has 2 heterocycles. The van der Waals surface area contributed by atoms with E-state index in [1.165, 1.54) is 0 Å². The Balaban J connectivity index is 1.42. The molecule has 7 nitrogen and oxygen atoms in total. The summed E-state index contributed by atoms with van der Waals surface area (Å²) in [6.45, 7) is 6.58. The molecule has 0 radical (unpaired) electrons. The lowest BCUT2D eigenvalue weighted by Gasteiger charge is -2.35. The lowest BCUT2D eigenvalue weighted by molar-refractivity contribution is 0.0746. The number of nitrogens with zero attached hydrogens (tertiary/aromatic N) is 4. The van der Waals surface area contributed by atoms with Crippen molar-refractivity contribution in [3.05, 3.63) is 66.4 Å². The van der Waals surface area contributed by atoms with Crippen LogP contribution in [-0.4, -0.2) is 60.2 Å². The molecule has 1 aliphatic rings. The highest BCUT2D eigenvalue weighted by Gasteiger charge is 2.24. The third-order valence-electron chi connectivity index (χ3n) is 5.34. The van der Waals surface area contributed by atoms with Crippen LogP contribution in [0, 0.1) is 0 Å². The SMILES string of the molecule is COc1cc(C(=O)N2CCN(c3ccnc(-c4ccccc4)n3)CC2)ccc1OC(C)C. The Hall–Kier alpha value is -3.61. The molecule has 1 saturated heterocycles. The fourth-order valence-corrected chi connectivity index (χ4v) is 3.72. The lowest BCUT2D eigenvalue weighted by Crippen LogP contribution is -2.49. The molecule has 7 heteroatoms. The molecule has 1 aliphatic heterocycles. The van der Waals surface area contributed by atoms with E-state index in [4.69, 9.17) is 14.5 Å². The number of carbonyl (C=O) groups excluding carboxylic acids is 1. The molecular weight excluding hydrogens is 404 g/mol. The van der Waals surface area contributed by atoms with E-state index in [1.54, 1.807) is 31.5 Å². The van der Waals surface area contributed by atoms with Crippen molar-refractivity contribution in [3.63, 3.8) is 0 Å². The van der Waals surface area contributed by atoms with E-state index in [1.807, 2.05) is 55.1 Å². The quantitative estimate of drug-likeness (QED) is 0.589. The second-order valence-corrected chi connectivity index (χ2v) is 7.92. The Kier molecular flexibility index (Phi) is 6.54. The molecule has 0 unspecified atom stereocenters. The van der Waals surface area contributed by atoms with Gasteiger partial charge in [-0.1, -0.05) is 30.3 Å². The van der Waals surface area contributed by atoms with Crippen LogP contribution < -0.4 is 14.4 Å². The molecule has 3 aromatic rings. The van der Waals surface area contributed by atoms with Crippen molar-refractivity contribution in [1.29, 1.82) is 0 Å². The van der Waals surface area contributed by atoms with Gasteiger partial charge in [0.1, 0.15) is 5.82 Å². The summed E-state index contributed by atoms with van der Waals surface area (Å²) < 4.78 is 11.2. The molecule has 32 heavy (non-hydrogen) atoms. The van der Waals surface area contributed by atoms with E-state index in [0.29, 0.717) is 49.1 Å². The van der Waals surface area contributed by atoms with Crippen LogP contribution in [0.25, 0.3) is 11.4 Å². The van der Waals surface area contributed by atoms with Gasteiger partial charge in [-0.15, -0.1) is 0 Å². The minimum atomic E-state index is -0.00768. The Bertz CT molecular complexity index is 1060. The molecule has 0 atom stereocenters. The third kappa shape index (κ3) is 4.82. The molecule has 0 spiro atoms. The molecule has 1 fully saturated rings. The maximum atomic E-state index is 13.1. The summed E-state index contributed by atoms with van der Waals surface area (Å²) in [6, 6.07) is 17.2. The van der Waals surface area contributed by atoms with Gasteiger partial charge in [0.15, 0.2) is 17.3 Å². The van der Waals surface area contributed by atoms with Crippen LogP contribution >= 0.6 is 0 Å². The average Bonchev–Trinajstić information content (AvgIpc) is 2.84. The van der Waals surface area contributed by atoms with Crippen molar-refractivity contribution in [2.45, 2.75) is 20.0 Å². The number of hydrogen-bond acceptors (Lipinski definition) is 6. The number of benzene rings is 2. The van der Waals surface area contributed by atoms with Gasteiger partial charge in [-0.05, 0) is 38.1 Å². The molecular formula is C25H28N4O3. The number of rotatable bonds is 6. The molecule has 1 aromatic heterocycles. The minimum Gasteiger partial charge on any atom is -0.493 e. The monoisotopic (exact) mass is 432 g/mol. The fourth-order valence-electron chi connectivity index (χ4n) is 3.72. The van der Waals surface area contributed by atoms with Crippen LogP contribution in [0.4, 0.5) is 5.82 Å². The zero-order valence-corrected chi connectivity index (χ0v) is 18.7. The van der Waals surface area contributed by atoms with Crippen molar-refractivity contribution in [1.82, 2.24) is 14.9 Å². The molecule has 0 saturated carbocycles. The van der Waals surface area contributed by atoms with Crippen molar-refractivity contribution in [2.75, 3.05) is 38.2 Å². The fraction of sp³-hybridized carbons (Fsp3) is 0.320. The number of hydrogen-bond donors (Lipinski definition) is 0. The summed E-state index contributed by atoms with van der Waals surface area (Å²) in [5, 5.41) is 0. The summed E-state index contributed by atoms with van der Waals surface area (Å²) in [6.07, 6.45) is 1.82. The number of piperazine rings is 1. The van der Waals surface area contributed by atoms with E-state index in [2.05, 4.69) is 9.88 Å². The molecule has 2 aromatic carbocycles. The summed E-state index contributed by atoms with van der Waals surface area (Å²) in [5.41, 5.74) is 1.59. The number of methoxy groups -OCH3 is 1. The highest BCUT2D eigenvalue weighted by Crippen LogP contribution is 2.29. The topological polar surface area (TPSA) is 67.8 Å². The highest BCUT2D eigenvalue weighted by molar-refractivity contribution is 5.95. The molecule has 4 rings (SSSR count). The standard InChI is InChI=1S/C25H28N4O3/c1-18(2)32-21-10-9-20(17-22(21)31-3)25(30)29-15-13-28(14-16-29)23-11-12-26-24(27-23)19-7-5-4-6-8-19/h4-12,17-18H,13-16H2,1-3H3. The van der Waals surface area contributed by atoms with Crippen LogP contribution in [0.3, 0.4) is 0 Å². The predicted octanol–water partition coefficient (Wildman–Crippen LogP) is 3.90. The van der Waals surface area contributed by atoms with Crippen LogP contribution in [0.1, 0.15) is 24.2 Å². The molecule has 166 valence electrons. The Morgan fingerprint density at radius 2 is 1.72 bits per heavy atom. The second kappa shape index (κ2) is 9.68. The normalized spacial score (nSPS) is 13.9. The molecule has 0 bridgehead atoms. The number of aromatic nitrogens is 2. The molecule has 1 amide bonds. The summed E-state index contributed by atoms with van der Waals surface area (Å²) in [7, 11) is 1.58. The van der Waals surface area contributed by atoms with Crippen LogP contribution in [0.15, 0.2) is 60.8 Å². The van der Waals surface area contributed by atoms with E-state index in [-0.39, 0.29) is 12.0 Å². The van der Waals surface area contributed by atoms with Gasteiger partial charge in [0.05, 0.1) is 13.2 Å². The van der Waals surface area contributed by atoms with Crippen molar-refractivity contribution in [3.8, 4) is 22.9 Å². The van der Waals surface area contributed by atoms with Gasteiger partial charge < -0.3 is 19.3 Å². The highest BCUT2D eigenvalue weighted by atomic mass is 16.5. The van der Waals surface area contributed by atoms with Crippen LogP contribution in [0.2, 0.25) is 0 Å². The minimum absolute atomic E-state index is 0.00768. The first-order chi connectivity index (χ1) is 15.5. The smallest absolute Gasteiger partial charge is 0.254 e. The zero-order chi connectivity index (χ0) is 22.5. The van der Waals surface area contributed by atoms with E-state index < -0.39 is 0 Å². The lowest BCUT2D eigenvalue weighted by atomic mass is 10.1. The van der Waals surface area contributed by atoms with Crippen molar-refractivity contribution >= 4 is 11.7 Å². The third-order valence-corrected chi connectivity index (χ3v) is 5.34. The average molecular weight is 433 g/mol. The van der Waals surface area contributed by atoms with Gasteiger partial charge in [0, 0.05) is 43.5 Å². The van der Waals surface area contributed by atoms with Gasteiger partial charge in [0.25, 0.3) is 5.91 Å². The van der Waals surface area contributed by atoms with Crippen molar-refractivity contribution in [2.24, 2.45) is 0 Å². The number of anilines is 1. The summed E-state index contributed by atoms with van der Waals surface area (Å²) in [4.78, 5) is 26.3.